The van der Waals surface area contributed by atoms with Crippen molar-refractivity contribution < 1.29 is 28.4 Å². The Morgan fingerprint density at radius 3 is 2.76 bits per heavy atom. The largest absolute Gasteiger partial charge is 0.497 e. The smallest absolute Gasteiger partial charge is 0.255 e. The lowest BCUT2D eigenvalue weighted by atomic mass is 10.1. The zero-order valence-corrected chi connectivity index (χ0v) is 19.9. The summed E-state index contributed by atoms with van der Waals surface area (Å²) in [6, 6.07) is 4.33. The maximum atomic E-state index is 12.8. The molecule has 34 heavy (non-hydrogen) atoms. The lowest BCUT2D eigenvalue weighted by molar-refractivity contribution is -0.129. The van der Waals surface area contributed by atoms with Gasteiger partial charge in [0.25, 0.3) is 5.91 Å². The lowest BCUT2D eigenvalue weighted by Gasteiger charge is -2.20. The zero-order valence-electron chi connectivity index (χ0n) is 19.9. The second-order valence-corrected chi connectivity index (χ2v) is 8.18. The van der Waals surface area contributed by atoms with Crippen LogP contribution >= 0.6 is 0 Å². The van der Waals surface area contributed by atoms with Crippen molar-refractivity contribution in [3.8, 4) is 11.5 Å². The number of hydrogen-bond acceptors (Lipinski definition) is 7. The van der Waals surface area contributed by atoms with E-state index in [4.69, 9.17) is 14.0 Å². The molecule has 1 aromatic carbocycles. The molecule has 0 saturated heterocycles. The summed E-state index contributed by atoms with van der Waals surface area (Å²) in [5.41, 5.74) is 2.09. The summed E-state index contributed by atoms with van der Waals surface area (Å²) in [5, 5.41) is 12.4. The summed E-state index contributed by atoms with van der Waals surface area (Å²) in [6.07, 6.45) is 2.51. The van der Waals surface area contributed by atoms with Crippen molar-refractivity contribution in [3.05, 3.63) is 40.8 Å². The van der Waals surface area contributed by atoms with Gasteiger partial charge in [-0.05, 0) is 51.7 Å². The number of carbonyl (C=O) groups is 3. The Balaban J connectivity index is 1.60. The number of aryl methyl sites for hydroxylation is 2. The van der Waals surface area contributed by atoms with Crippen molar-refractivity contribution in [1.82, 2.24) is 21.1 Å². The summed E-state index contributed by atoms with van der Waals surface area (Å²) in [7, 11) is 1.54. The van der Waals surface area contributed by atoms with Crippen molar-refractivity contribution in [1.29, 1.82) is 0 Å². The van der Waals surface area contributed by atoms with Crippen LogP contribution in [0.15, 0.2) is 22.7 Å². The number of benzene rings is 1. The summed E-state index contributed by atoms with van der Waals surface area (Å²) in [5.74, 6) is 0.932. The molecule has 3 amide bonds. The number of methoxy groups -OCH3 is 1. The molecule has 0 radical (unpaired) electrons. The number of amides is 3. The lowest BCUT2D eigenvalue weighted by Crippen LogP contribution is -2.47. The zero-order chi connectivity index (χ0) is 24.5. The minimum Gasteiger partial charge on any atom is -0.497 e. The molecule has 0 unspecified atom stereocenters. The van der Waals surface area contributed by atoms with E-state index in [1.165, 1.54) is 7.11 Å². The number of carbonyl (C=O) groups excluding carboxylic acids is 3. The van der Waals surface area contributed by atoms with Crippen LogP contribution in [0, 0.1) is 13.8 Å². The van der Waals surface area contributed by atoms with Crippen LogP contribution < -0.4 is 25.4 Å². The molecule has 1 aromatic heterocycles. The first-order valence-electron chi connectivity index (χ1n) is 11.5. The molecule has 1 atom stereocenters. The van der Waals surface area contributed by atoms with Crippen LogP contribution in [0.2, 0.25) is 0 Å². The van der Waals surface area contributed by atoms with Crippen LogP contribution in [0.25, 0.3) is 0 Å². The number of ether oxygens (including phenoxy) is 2. The summed E-state index contributed by atoms with van der Waals surface area (Å²) < 4.78 is 16.1. The molecule has 2 aromatic rings. The Morgan fingerprint density at radius 1 is 1.21 bits per heavy atom. The van der Waals surface area contributed by atoms with Gasteiger partial charge in [0, 0.05) is 24.6 Å². The first-order valence-corrected chi connectivity index (χ1v) is 11.5. The third-order valence-corrected chi connectivity index (χ3v) is 5.73. The first kappa shape index (κ1) is 25.1. The Bertz CT molecular complexity index is 999. The quantitative estimate of drug-likeness (QED) is 0.605. The van der Waals surface area contributed by atoms with Gasteiger partial charge < -0.3 is 29.9 Å². The predicted molar refractivity (Wildman–Crippen MR) is 124 cm³/mol. The second-order valence-electron chi connectivity index (χ2n) is 8.18. The van der Waals surface area contributed by atoms with Crippen LogP contribution in [0.4, 0.5) is 0 Å². The number of hydrogen-bond donors (Lipinski definition) is 3. The first-order chi connectivity index (χ1) is 16.4. The highest BCUT2D eigenvalue weighted by Crippen LogP contribution is 2.25. The van der Waals surface area contributed by atoms with Crippen molar-refractivity contribution in [2.24, 2.45) is 0 Å². The molecule has 184 valence electrons. The van der Waals surface area contributed by atoms with E-state index in [-0.39, 0.29) is 37.3 Å². The van der Waals surface area contributed by atoms with Crippen molar-refractivity contribution in [2.75, 3.05) is 26.8 Å². The van der Waals surface area contributed by atoms with Crippen molar-refractivity contribution >= 4 is 17.7 Å². The third kappa shape index (κ3) is 6.72. The van der Waals surface area contributed by atoms with Gasteiger partial charge >= 0.3 is 0 Å². The van der Waals surface area contributed by atoms with Crippen LogP contribution in [0.1, 0.15) is 53.1 Å². The molecule has 3 rings (SSSR count). The molecule has 0 aliphatic carbocycles. The van der Waals surface area contributed by atoms with Crippen LogP contribution in [0.5, 0.6) is 11.5 Å². The molecular weight excluding hydrogens is 440 g/mol. The van der Waals surface area contributed by atoms with Gasteiger partial charge in [0.1, 0.15) is 29.9 Å². The fourth-order valence-corrected chi connectivity index (χ4v) is 3.80. The van der Waals surface area contributed by atoms with Gasteiger partial charge in [-0.15, -0.1) is 0 Å². The number of fused-ring (bicyclic) bond motifs is 1. The number of rotatable bonds is 5. The summed E-state index contributed by atoms with van der Waals surface area (Å²) in [6.45, 7) is 4.48. The Morgan fingerprint density at radius 2 is 2.03 bits per heavy atom. The van der Waals surface area contributed by atoms with E-state index in [0.29, 0.717) is 55.1 Å². The molecule has 1 aliphatic rings. The van der Waals surface area contributed by atoms with Gasteiger partial charge in [-0.25, -0.2) is 0 Å². The number of nitrogens with zero attached hydrogens (tertiary/aromatic N) is 1. The van der Waals surface area contributed by atoms with E-state index in [1.807, 2.05) is 13.8 Å². The van der Waals surface area contributed by atoms with Gasteiger partial charge in [0.2, 0.25) is 11.8 Å². The standard InChI is InChI=1S/C24H32N4O6/c1-15-18(16(2)34-28-15)9-10-22(29)27-20-6-4-5-11-25-23(30)19-8-7-17(32-3)14-21(19)33-13-12-26-24(20)31/h7-8,14,20H,4-6,9-13H2,1-3H3,(H,25,30)(H,26,31)(H,27,29)/t20-/m0/s1. The fourth-order valence-electron chi connectivity index (χ4n) is 3.80. The molecule has 10 nitrogen and oxygen atoms in total. The van der Waals surface area contributed by atoms with Crippen molar-refractivity contribution in [2.45, 2.75) is 52.0 Å². The van der Waals surface area contributed by atoms with E-state index < -0.39 is 6.04 Å². The van der Waals surface area contributed by atoms with E-state index in [0.717, 1.165) is 11.3 Å². The third-order valence-electron chi connectivity index (χ3n) is 5.73. The maximum Gasteiger partial charge on any atom is 0.255 e. The highest BCUT2D eigenvalue weighted by atomic mass is 16.5. The average molecular weight is 473 g/mol. The molecule has 0 bridgehead atoms. The van der Waals surface area contributed by atoms with Crippen LogP contribution in [-0.2, 0) is 16.0 Å². The van der Waals surface area contributed by atoms with Gasteiger partial charge in [-0.1, -0.05) is 5.16 Å². The highest BCUT2D eigenvalue weighted by Gasteiger charge is 2.22. The normalized spacial score (nSPS) is 17.4. The molecule has 3 N–H and O–H groups in total. The fraction of sp³-hybridized carbons (Fsp3) is 0.500. The topological polar surface area (TPSA) is 132 Å². The second kappa shape index (κ2) is 12.1. The van der Waals surface area contributed by atoms with E-state index in [1.54, 1.807) is 18.2 Å². The van der Waals surface area contributed by atoms with E-state index in [9.17, 15) is 14.4 Å². The van der Waals surface area contributed by atoms with E-state index >= 15 is 0 Å². The maximum absolute atomic E-state index is 12.8. The summed E-state index contributed by atoms with van der Waals surface area (Å²) in [4.78, 5) is 37.9. The predicted octanol–water partition coefficient (Wildman–Crippen LogP) is 1.83. The molecule has 2 heterocycles. The Kier molecular flexibility index (Phi) is 8.89. The van der Waals surface area contributed by atoms with Gasteiger partial charge in [-0.2, -0.15) is 0 Å². The minimum absolute atomic E-state index is 0.159. The molecule has 10 heteroatoms. The molecule has 0 fully saturated rings. The average Bonchev–Trinajstić information content (AvgIpc) is 3.15. The molecular formula is C24H32N4O6. The SMILES string of the molecule is COc1ccc2c(c1)OCCNC(=O)[C@@H](NC(=O)CCc1c(C)noc1C)CCCCNC2=O. The van der Waals surface area contributed by atoms with E-state index in [2.05, 4.69) is 21.1 Å². The summed E-state index contributed by atoms with van der Waals surface area (Å²) >= 11 is 0. The highest BCUT2D eigenvalue weighted by molar-refractivity contribution is 5.97. The molecule has 0 spiro atoms. The van der Waals surface area contributed by atoms with Crippen LogP contribution in [-0.4, -0.2) is 55.7 Å². The number of nitrogens with one attached hydrogen (secondary N) is 3. The van der Waals surface area contributed by atoms with Crippen molar-refractivity contribution in [3.63, 3.8) is 0 Å². The van der Waals surface area contributed by atoms with Gasteiger partial charge in [0.15, 0.2) is 0 Å². The van der Waals surface area contributed by atoms with Gasteiger partial charge in [-0.3, -0.25) is 14.4 Å². The van der Waals surface area contributed by atoms with Crippen LogP contribution in [0.3, 0.4) is 0 Å². The van der Waals surface area contributed by atoms with Gasteiger partial charge in [0.05, 0.1) is 24.9 Å². The Labute approximate surface area is 198 Å². The monoisotopic (exact) mass is 472 g/mol. The minimum atomic E-state index is -0.664. The molecule has 0 saturated carbocycles. The Hall–Kier alpha value is -3.56. The number of aromatic nitrogens is 1. The molecule has 1 aliphatic heterocycles.